The van der Waals surface area contributed by atoms with Crippen molar-refractivity contribution in [3.05, 3.63) is 5.89 Å². The molecule has 1 saturated carbocycles. The average molecular weight is 453 g/mol. The molecule has 1 amide bonds. The van der Waals surface area contributed by atoms with E-state index in [0.29, 0.717) is 17.6 Å². The molecule has 0 saturated heterocycles. The van der Waals surface area contributed by atoms with Crippen LogP contribution in [0.2, 0.25) is 0 Å². The molecule has 0 radical (unpaired) electrons. The van der Waals surface area contributed by atoms with Gasteiger partial charge in [-0.2, -0.15) is 0 Å². The molecule has 0 bridgehead atoms. The summed E-state index contributed by atoms with van der Waals surface area (Å²) >= 11 is 1.43. The van der Waals surface area contributed by atoms with Crippen LogP contribution in [-0.2, 0) is 4.79 Å². The van der Waals surface area contributed by atoms with Gasteiger partial charge in [0.25, 0.3) is 11.1 Å². The second-order valence-electron chi connectivity index (χ2n) is 10.5. The normalized spacial score (nSPS) is 20.8. The number of aromatic nitrogens is 2. The lowest BCUT2D eigenvalue weighted by molar-refractivity contribution is -0.127. The van der Waals surface area contributed by atoms with E-state index in [4.69, 9.17) is 4.42 Å². The molecule has 1 atom stereocenters. The van der Waals surface area contributed by atoms with Crippen molar-refractivity contribution >= 4 is 23.5 Å². The topological polar surface area (TPSA) is 88.3 Å². The van der Waals surface area contributed by atoms with Crippen molar-refractivity contribution in [2.45, 2.75) is 78.0 Å². The predicted molar refractivity (Wildman–Crippen MR) is 124 cm³/mol. The first-order chi connectivity index (χ1) is 14.5. The van der Waals surface area contributed by atoms with E-state index < -0.39 is 6.04 Å². The van der Waals surface area contributed by atoms with Crippen LogP contribution in [-0.4, -0.2) is 59.2 Å². The lowest BCUT2D eigenvalue weighted by atomic mass is 9.69. The summed E-state index contributed by atoms with van der Waals surface area (Å²) in [7, 11) is 4.00. The van der Waals surface area contributed by atoms with E-state index in [-0.39, 0.29) is 34.8 Å². The molecule has 176 valence electrons. The second kappa shape index (κ2) is 11.5. The van der Waals surface area contributed by atoms with Crippen LogP contribution in [0.1, 0.15) is 77.4 Å². The Bertz CT molecular complexity index is 719. The zero-order valence-corrected chi connectivity index (χ0v) is 21.1. The van der Waals surface area contributed by atoms with Crippen LogP contribution in [0.3, 0.4) is 0 Å². The fourth-order valence-electron chi connectivity index (χ4n) is 4.05. The van der Waals surface area contributed by atoms with E-state index in [0.717, 1.165) is 38.0 Å². The minimum atomic E-state index is -0.632. The highest BCUT2D eigenvalue weighted by atomic mass is 32.2. The van der Waals surface area contributed by atoms with Crippen molar-refractivity contribution in [1.82, 2.24) is 20.4 Å². The molecule has 31 heavy (non-hydrogen) atoms. The molecule has 1 heterocycles. The van der Waals surface area contributed by atoms with Gasteiger partial charge in [-0.1, -0.05) is 46.4 Å². The quantitative estimate of drug-likeness (QED) is 0.418. The Morgan fingerprint density at radius 3 is 2.35 bits per heavy atom. The number of nitrogens with zero attached hydrogens (tertiary/aromatic N) is 3. The molecule has 0 spiro atoms. The van der Waals surface area contributed by atoms with E-state index in [1.807, 2.05) is 27.9 Å². The Morgan fingerprint density at radius 2 is 1.81 bits per heavy atom. The van der Waals surface area contributed by atoms with Crippen LogP contribution in [0.4, 0.5) is 0 Å². The number of nitrogens with one attached hydrogen (secondary N) is 1. The Hall–Kier alpha value is -1.41. The monoisotopic (exact) mass is 452 g/mol. The number of ketones is 1. The summed E-state index contributed by atoms with van der Waals surface area (Å²) in [6.45, 7) is 11.8. The zero-order valence-electron chi connectivity index (χ0n) is 20.2. The minimum absolute atomic E-state index is 0.0188. The highest BCUT2D eigenvalue weighted by Gasteiger charge is 2.34. The maximum absolute atomic E-state index is 13.0. The number of carbonyl (C=O) groups is 2. The molecule has 1 unspecified atom stereocenters. The summed E-state index contributed by atoms with van der Waals surface area (Å²) in [5.74, 6) is 1.33. The van der Waals surface area contributed by atoms with Crippen LogP contribution in [0.5, 0.6) is 0 Å². The van der Waals surface area contributed by atoms with Gasteiger partial charge in [-0.15, -0.1) is 10.2 Å². The van der Waals surface area contributed by atoms with Crippen LogP contribution >= 0.6 is 11.8 Å². The standard InChI is InChI=1S/C23H40N4O3S/c1-15(2)14-18(19(28)21-25-26-22(30-21)31-13-12-27(6)7)24-20(29)16-8-10-17(11-9-16)23(3,4)5/h15-18H,8-14H2,1-7H3,(H,24,29). The molecular weight excluding hydrogens is 412 g/mol. The zero-order chi connectivity index (χ0) is 23.2. The van der Waals surface area contributed by atoms with Gasteiger partial charge in [0.15, 0.2) is 0 Å². The van der Waals surface area contributed by atoms with Gasteiger partial charge in [0.1, 0.15) is 0 Å². The highest BCUT2D eigenvalue weighted by Crippen LogP contribution is 2.39. The number of rotatable bonds is 10. The highest BCUT2D eigenvalue weighted by molar-refractivity contribution is 7.99. The maximum Gasteiger partial charge on any atom is 0.286 e. The molecule has 2 rings (SSSR count). The third-order valence-electron chi connectivity index (χ3n) is 6.04. The maximum atomic E-state index is 13.0. The number of hydrogen-bond donors (Lipinski definition) is 1. The van der Waals surface area contributed by atoms with Gasteiger partial charge < -0.3 is 14.6 Å². The van der Waals surface area contributed by atoms with E-state index in [1.54, 1.807) is 0 Å². The molecule has 0 aliphatic heterocycles. The van der Waals surface area contributed by atoms with Crippen LogP contribution < -0.4 is 5.32 Å². The van der Waals surface area contributed by atoms with Gasteiger partial charge in [-0.25, -0.2) is 0 Å². The van der Waals surface area contributed by atoms with E-state index in [9.17, 15) is 9.59 Å². The summed E-state index contributed by atoms with van der Waals surface area (Å²) in [4.78, 5) is 28.1. The largest absolute Gasteiger partial charge is 0.408 e. The SMILES string of the molecule is CC(C)CC(NC(=O)C1CCC(C(C)(C)C)CC1)C(=O)c1nnc(SCCN(C)C)o1. The first-order valence-electron chi connectivity index (χ1n) is 11.4. The second-order valence-corrected chi connectivity index (χ2v) is 11.5. The van der Waals surface area contributed by atoms with E-state index >= 15 is 0 Å². The number of Topliss-reactive ketones (excluding diaryl/α,β-unsaturated/α-hetero) is 1. The van der Waals surface area contributed by atoms with Gasteiger partial charge in [0, 0.05) is 18.2 Å². The summed E-state index contributed by atoms with van der Waals surface area (Å²) in [5, 5.41) is 11.3. The summed E-state index contributed by atoms with van der Waals surface area (Å²) in [6.07, 6.45) is 4.42. The molecule has 1 aromatic heterocycles. The molecule has 8 heteroatoms. The smallest absolute Gasteiger partial charge is 0.286 e. The van der Waals surface area contributed by atoms with Gasteiger partial charge in [0.2, 0.25) is 11.7 Å². The van der Waals surface area contributed by atoms with Crippen LogP contribution in [0, 0.1) is 23.2 Å². The lowest BCUT2D eigenvalue weighted by Crippen LogP contribution is -2.45. The first kappa shape index (κ1) is 25.8. The van der Waals surface area contributed by atoms with Crippen molar-refractivity contribution in [3.8, 4) is 0 Å². The molecule has 1 aromatic rings. The molecule has 7 nitrogen and oxygen atoms in total. The summed E-state index contributed by atoms with van der Waals surface area (Å²) < 4.78 is 5.59. The molecule has 1 N–H and O–H groups in total. The number of amides is 1. The van der Waals surface area contributed by atoms with Crippen molar-refractivity contribution in [2.24, 2.45) is 23.2 Å². The Kier molecular flexibility index (Phi) is 9.55. The van der Waals surface area contributed by atoms with Gasteiger partial charge in [-0.3, -0.25) is 9.59 Å². The van der Waals surface area contributed by atoms with Gasteiger partial charge in [0.05, 0.1) is 6.04 Å². The average Bonchev–Trinajstić information content (AvgIpc) is 3.14. The summed E-state index contributed by atoms with van der Waals surface area (Å²) in [6, 6.07) is -0.632. The lowest BCUT2D eigenvalue weighted by Gasteiger charge is -2.36. The predicted octanol–water partition coefficient (Wildman–Crippen LogP) is 4.29. The summed E-state index contributed by atoms with van der Waals surface area (Å²) in [5.41, 5.74) is 0.276. The van der Waals surface area contributed by atoms with Gasteiger partial charge >= 0.3 is 0 Å². The van der Waals surface area contributed by atoms with E-state index in [1.165, 1.54) is 11.8 Å². The Morgan fingerprint density at radius 1 is 1.16 bits per heavy atom. The van der Waals surface area contributed by atoms with Crippen LogP contribution in [0.25, 0.3) is 0 Å². The third kappa shape index (κ3) is 8.22. The molecule has 1 aliphatic carbocycles. The molecular formula is C23H40N4O3S. The Balaban J connectivity index is 1.97. The fourth-order valence-corrected chi connectivity index (χ4v) is 4.91. The number of hydrogen-bond acceptors (Lipinski definition) is 7. The molecule has 0 aromatic carbocycles. The molecule has 1 aliphatic rings. The van der Waals surface area contributed by atoms with Gasteiger partial charge in [-0.05, 0) is 63.5 Å². The van der Waals surface area contributed by atoms with Crippen molar-refractivity contribution < 1.29 is 14.0 Å². The van der Waals surface area contributed by atoms with Crippen LogP contribution in [0.15, 0.2) is 9.64 Å². The van der Waals surface area contributed by atoms with Crippen molar-refractivity contribution in [3.63, 3.8) is 0 Å². The fraction of sp³-hybridized carbons (Fsp3) is 0.826. The molecule has 1 fully saturated rings. The minimum Gasteiger partial charge on any atom is -0.408 e. The number of carbonyl (C=O) groups excluding carboxylic acids is 2. The first-order valence-corrected chi connectivity index (χ1v) is 12.4. The van der Waals surface area contributed by atoms with Crippen molar-refractivity contribution in [2.75, 3.05) is 26.4 Å². The number of thioether (sulfide) groups is 1. The Labute approximate surface area is 191 Å². The van der Waals surface area contributed by atoms with Crippen molar-refractivity contribution in [1.29, 1.82) is 0 Å². The third-order valence-corrected chi connectivity index (χ3v) is 6.84. The van der Waals surface area contributed by atoms with E-state index in [2.05, 4.69) is 41.2 Å².